The van der Waals surface area contributed by atoms with Gasteiger partial charge in [-0.25, -0.2) is 18.0 Å². The number of piperidine rings is 1. The molecule has 0 saturated carbocycles. The fourth-order valence-corrected chi connectivity index (χ4v) is 6.44. The van der Waals surface area contributed by atoms with Gasteiger partial charge in [0.1, 0.15) is 18.2 Å². The summed E-state index contributed by atoms with van der Waals surface area (Å²) in [4.78, 5) is 27.9. The number of carbonyl (C=O) groups is 2. The molecule has 7 heteroatoms. The Hall–Kier alpha value is -3.61. The predicted molar refractivity (Wildman–Crippen MR) is 131 cm³/mol. The second-order valence-electron chi connectivity index (χ2n) is 10.3. The van der Waals surface area contributed by atoms with Gasteiger partial charge in [-0.15, -0.1) is 0 Å². The summed E-state index contributed by atoms with van der Waals surface area (Å²) in [5.41, 5.74) is 4.48. The largest absolute Gasteiger partial charge is 0.448 e. The van der Waals surface area contributed by atoms with E-state index in [-0.39, 0.29) is 54.4 Å². The highest BCUT2D eigenvalue weighted by Crippen LogP contribution is 2.45. The monoisotopic (exact) mass is 505 g/mol. The lowest BCUT2D eigenvalue weighted by atomic mass is 9.85. The average molecular weight is 506 g/mol. The second kappa shape index (κ2) is 9.36. The minimum atomic E-state index is -1.27. The summed E-state index contributed by atoms with van der Waals surface area (Å²) in [5, 5.41) is 0. The van der Waals surface area contributed by atoms with E-state index >= 15 is 0 Å². The molecule has 0 spiro atoms. The molecule has 3 aromatic rings. The molecule has 3 aromatic carbocycles. The molecule has 2 saturated heterocycles. The third kappa shape index (κ3) is 4.20. The summed E-state index contributed by atoms with van der Waals surface area (Å²) in [5.74, 6) is -3.97. The number of fused-ring (bicyclic) bond motifs is 5. The fraction of sp³-hybridized carbons (Fsp3) is 0.333. The van der Waals surface area contributed by atoms with Crippen molar-refractivity contribution < 1.29 is 27.5 Å². The van der Waals surface area contributed by atoms with Crippen molar-refractivity contribution in [2.24, 2.45) is 5.92 Å². The summed E-state index contributed by atoms with van der Waals surface area (Å²) in [6.45, 7) is 0.237. The van der Waals surface area contributed by atoms with Crippen LogP contribution in [-0.4, -0.2) is 35.5 Å². The highest BCUT2D eigenvalue weighted by molar-refractivity contribution is 5.84. The molecule has 2 aliphatic heterocycles. The Morgan fingerprint density at radius 2 is 1.38 bits per heavy atom. The van der Waals surface area contributed by atoms with Crippen LogP contribution < -0.4 is 0 Å². The molecular formula is C30H26F3NO3. The van der Waals surface area contributed by atoms with E-state index in [1.54, 1.807) is 4.90 Å². The van der Waals surface area contributed by atoms with Gasteiger partial charge in [-0.2, -0.15) is 0 Å². The molecule has 1 aliphatic carbocycles. The first-order chi connectivity index (χ1) is 17.9. The molecule has 2 unspecified atom stereocenters. The van der Waals surface area contributed by atoms with Crippen LogP contribution in [0.5, 0.6) is 0 Å². The van der Waals surface area contributed by atoms with Crippen molar-refractivity contribution >= 4 is 11.9 Å². The van der Waals surface area contributed by atoms with Gasteiger partial charge in [-0.05, 0) is 59.6 Å². The Kier molecular flexibility index (Phi) is 6.01. The van der Waals surface area contributed by atoms with Crippen LogP contribution in [0.2, 0.25) is 0 Å². The third-order valence-corrected chi connectivity index (χ3v) is 8.19. The highest BCUT2D eigenvalue weighted by atomic mass is 19.2. The Balaban J connectivity index is 1.11. The van der Waals surface area contributed by atoms with Crippen LogP contribution in [0.15, 0.2) is 60.7 Å². The van der Waals surface area contributed by atoms with Crippen LogP contribution in [0.3, 0.4) is 0 Å². The first-order valence-electron chi connectivity index (χ1n) is 12.7. The lowest BCUT2D eigenvalue weighted by Crippen LogP contribution is -2.48. The van der Waals surface area contributed by atoms with Gasteiger partial charge in [0.05, 0.1) is 0 Å². The number of ketones is 1. The molecule has 190 valence electrons. The van der Waals surface area contributed by atoms with Gasteiger partial charge in [-0.3, -0.25) is 4.79 Å². The molecule has 2 bridgehead atoms. The minimum absolute atomic E-state index is 0.0286. The standard InChI is InChI=1S/C30H26F3NO3/c31-26-15-28(33)27(32)13-17(26)14-29(35)18-11-19-9-10-20(12-18)34(19)30(36)37-16-25-23-7-3-1-5-21(23)22-6-2-4-8-24(22)25/h1-8,13,15,18-20,25H,9-12,14,16H2. The van der Waals surface area contributed by atoms with Crippen molar-refractivity contribution in [3.63, 3.8) is 0 Å². The van der Waals surface area contributed by atoms with Crippen LogP contribution in [-0.2, 0) is 16.0 Å². The number of ether oxygens (including phenoxy) is 1. The average Bonchev–Trinajstić information content (AvgIpc) is 3.36. The van der Waals surface area contributed by atoms with Gasteiger partial charge >= 0.3 is 6.09 Å². The molecule has 1 amide bonds. The number of hydrogen-bond acceptors (Lipinski definition) is 3. The topological polar surface area (TPSA) is 46.6 Å². The zero-order chi connectivity index (χ0) is 25.7. The van der Waals surface area contributed by atoms with Crippen LogP contribution in [0.1, 0.15) is 48.3 Å². The third-order valence-electron chi connectivity index (χ3n) is 8.19. The van der Waals surface area contributed by atoms with E-state index in [0.29, 0.717) is 18.9 Å². The van der Waals surface area contributed by atoms with Gasteiger partial charge in [0.15, 0.2) is 11.6 Å². The Bertz CT molecular complexity index is 1330. The van der Waals surface area contributed by atoms with Crippen LogP contribution >= 0.6 is 0 Å². The molecule has 3 aliphatic rings. The predicted octanol–water partition coefficient (Wildman–Crippen LogP) is 6.41. The maximum atomic E-state index is 14.1. The molecule has 0 N–H and O–H groups in total. The normalized spacial score (nSPS) is 22.0. The summed E-state index contributed by atoms with van der Waals surface area (Å²) < 4.78 is 46.7. The minimum Gasteiger partial charge on any atom is -0.448 e. The number of carbonyl (C=O) groups excluding carboxylic acids is 2. The molecule has 0 radical (unpaired) electrons. The van der Waals surface area contributed by atoms with E-state index in [1.165, 1.54) is 0 Å². The highest BCUT2D eigenvalue weighted by Gasteiger charge is 2.46. The molecule has 2 heterocycles. The van der Waals surface area contributed by atoms with E-state index in [4.69, 9.17) is 4.74 Å². The molecule has 2 atom stereocenters. The summed E-state index contributed by atoms with van der Waals surface area (Å²) >= 11 is 0. The number of nitrogens with zero attached hydrogens (tertiary/aromatic N) is 1. The van der Waals surface area contributed by atoms with Crippen LogP contribution in [0.4, 0.5) is 18.0 Å². The first-order valence-corrected chi connectivity index (χ1v) is 12.7. The second-order valence-corrected chi connectivity index (χ2v) is 10.3. The lowest BCUT2D eigenvalue weighted by molar-refractivity contribution is -0.124. The van der Waals surface area contributed by atoms with Crippen molar-refractivity contribution in [3.8, 4) is 11.1 Å². The summed E-state index contributed by atoms with van der Waals surface area (Å²) in [6.07, 6.45) is 1.82. The van der Waals surface area contributed by atoms with E-state index < -0.39 is 17.5 Å². The van der Waals surface area contributed by atoms with E-state index in [9.17, 15) is 22.8 Å². The Morgan fingerprint density at radius 3 is 2.00 bits per heavy atom. The van der Waals surface area contributed by atoms with Gasteiger partial charge in [0.2, 0.25) is 0 Å². The first kappa shape index (κ1) is 23.8. The molecular weight excluding hydrogens is 479 g/mol. The fourth-order valence-electron chi connectivity index (χ4n) is 6.44. The summed E-state index contributed by atoms with van der Waals surface area (Å²) in [7, 11) is 0. The van der Waals surface area contributed by atoms with Crippen molar-refractivity contribution in [3.05, 3.63) is 94.8 Å². The van der Waals surface area contributed by atoms with Crippen LogP contribution in [0, 0.1) is 23.4 Å². The van der Waals surface area contributed by atoms with E-state index in [1.807, 2.05) is 24.3 Å². The molecule has 6 rings (SSSR count). The zero-order valence-electron chi connectivity index (χ0n) is 20.1. The van der Waals surface area contributed by atoms with E-state index in [0.717, 1.165) is 41.2 Å². The Morgan fingerprint density at radius 1 is 0.811 bits per heavy atom. The van der Waals surface area contributed by atoms with Crippen molar-refractivity contribution in [2.45, 2.75) is 50.1 Å². The quantitative estimate of drug-likeness (QED) is 0.377. The zero-order valence-corrected chi connectivity index (χ0v) is 20.1. The molecule has 0 aromatic heterocycles. The lowest BCUT2D eigenvalue weighted by Gasteiger charge is -2.37. The van der Waals surface area contributed by atoms with Gasteiger partial charge < -0.3 is 9.64 Å². The van der Waals surface area contributed by atoms with Gasteiger partial charge in [0, 0.05) is 36.4 Å². The number of rotatable bonds is 5. The summed E-state index contributed by atoms with van der Waals surface area (Å²) in [6, 6.07) is 17.3. The molecule has 2 fully saturated rings. The van der Waals surface area contributed by atoms with Crippen molar-refractivity contribution in [1.29, 1.82) is 0 Å². The number of amides is 1. The van der Waals surface area contributed by atoms with Crippen LogP contribution in [0.25, 0.3) is 11.1 Å². The molecule has 4 nitrogen and oxygen atoms in total. The maximum Gasteiger partial charge on any atom is 0.410 e. The van der Waals surface area contributed by atoms with Gasteiger partial charge in [0.25, 0.3) is 0 Å². The number of halogens is 3. The van der Waals surface area contributed by atoms with Gasteiger partial charge in [-0.1, -0.05) is 48.5 Å². The number of hydrogen-bond donors (Lipinski definition) is 0. The Labute approximate surface area is 213 Å². The van der Waals surface area contributed by atoms with Crippen molar-refractivity contribution in [1.82, 2.24) is 4.90 Å². The molecule has 37 heavy (non-hydrogen) atoms. The smallest absolute Gasteiger partial charge is 0.410 e. The van der Waals surface area contributed by atoms with Crippen molar-refractivity contribution in [2.75, 3.05) is 6.61 Å². The van der Waals surface area contributed by atoms with E-state index in [2.05, 4.69) is 24.3 Å². The number of benzene rings is 3. The number of Topliss-reactive ketones (excluding diaryl/α,β-unsaturated/α-hetero) is 1. The maximum absolute atomic E-state index is 14.1. The SMILES string of the molecule is O=C(Cc1cc(F)c(F)cc1F)C1CC2CCC(C1)N2C(=O)OCC1c2ccccc2-c2ccccc21.